The van der Waals surface area contributed by atoms with Gasteiger partial charge in [0.25, 0.3) is 5.56 Å². The van der Waals surface area contributed by atoms with Gasteiger partial charge < -0.3 is 4.74 Å². The molecule has 212 valence electrons. The summed E-state index contributed by atoms with van der Waals surface area (Å²) < 4.78 is 31.8. The average Bonchev–Trinajstić information content (AvgIpc) is 3.94. The summed E-state index contributed by atoms with van der Waals surface area (Å²) >= 11 is 0. The molecule has 0 bridgehead atoms. The molecule has 7 rings (SSSR count). The summed E-state index contributed by atoms with van der Waals surface area (Å²) in [5, 5.41) is 0. The maximum Gasteiger partial charge on any atom is 0.274 e. The normalized spacial score (nSPS) is 19.2. The van der Waals surface area contributed by atoms with E-state index in [1.807, 2.05) is 0 Å². The van der Waals surface area contributed by atoms with Gasteiger partial charge in [-0.3, -0.25) is 9.36 Å². The molecule has 0 spiro atoms. The molecule has 1 atom stereocenters. The summed E-state index contributed by atoms with van der Waals surface area (Å²) in [6.07, 6.45) is 9.49. The summed E-state index contributed by atoms with van der Waals surface area (Å²) in [4.78, 5) is 38.0. The smallest absolute Gasteiger partial charge is 0.274 e. The van der Waals surface area contributed by atoms with Gasteiger partial charge in [0.15, 0.2) is 21.3 Å². The second kappa shape index (κ2) is 10.4. The van der Waals surface area contributed by atoms with E-state index in [0.29, 0.717) is 65.5 Å². The van der Waals surface area contributed by atoms with Crippen molar-refractivity contribution < 1.29 is 13.2 Å². The monoisotopic (exact) mass is 572 g/mol. The van der Waals surface area contributed by atoms with Crippen molar-refractivity contribution in [1.82, 2.24) is 29.5 Å². The van der Waals surface area contributed by atoms with E-state index in [9.17, 15) is 13.2 Å². The van der Waals surface area contributed by atoms with Crippen molar-refractivity contribution >= 4 is 21.0 Å². The molecule has 3 aromatic heterocycles. The number of ether oxygens (including phenoxy) is 1. The van der Waals surface area contributed by atoms with Crippen molar-refractivity contribution in [2.75, 3.05) is 19.0 Å². The van der Waals surface area contributed by atoms with Crippen LogP contribution in [0.2, 0.25) is 0 Å². The zero-order chi connectivity index (χ0) is 28.1. The van der Waals surface area contributed by atoms with Gasteiger partial charge in [0.1, 0.15) is 17.5 Å². The molecule has 11 heteroatoms. The van der Waals surface area contributed by atoms with Crippen LogP contribution in [0.15, 0.2) is 46.5 Å². The molecular formula is C30H32N6O4S. The fourth-order valence-corrected chi connectivity index (χ4v) is 6.55. The molecule has 0 amide bonds. The van der Waals surface area contributed by atoms with Crippen LogP contribution in [0, 0.1) is 0 Å². The number of aryl methyl sites for hydroxylation is 2. The van der Waals surface area contributed by atoms with E-state index in [4.69, 9.17) is 19.7 Å². The van der Waals surface area contributed by atoms with Crippen molar-refractivity contribution in [3.63, 3.8) is 0 Å². The number of hydrogen-bond acceptors (Lipinski definition) is 9. The molecule has 2 saturated carbocycles. The Morgan fingerprint density at radius 1 is 0.927 bits per heavy atom. The van der Waals surface area contributed by atoms with Crippen LogP contribution in [0.4, 0.5) is 0 Å². The molecule has 4 aromatic rings. The minimum absolute atomic E-state index is 0.0582. The SMILES string of the molecule is CCS(=O)(=O)c1ccc(CCc2nc3cnc(-c4c(C5CC5)ncnc4C4CC4)nc3n([C@H]3CCOC3)c2=O)cc1. The Kier molecular flexibility index (Phi) is 6.66. The van der Waals surface area contributed by atoms with Crippen molar-refractivity contribution in [3.8, 4) is 11.4 Å². The lowest BCUT2D eigenvalue weighted by atomic mass is 10.0. The molecule has 3 fully saturated rings. The van der Waals surface area contributed by atoms with E-state index in [0.717, 1.165) is 54.6 Å². The van der Waals surface area contributed by atoms with E-state index < -0.39 is 9.84 Å². The quantitative estimate of drug-likeness (QED) is 0.293. The number of sulfone groups is 1. The maximum atomic E-state index is 13.9. The van der Waals surface area contributed by atoms with Crippen LogP contribution < -0.4 is 5.56 Å². The predicted molar refractivity (Wildman–Crippen MR) is 153 cm³/mol. The third-order valence-corrected chi connectivity index (χ3v) is 10.1. The largest absolute Gasteiger partial charge is 0.379 e. The zero-order valence-electron chi connectivity index (χ0n) is 23.0. The summed E-state index contributed by atoms with van der Waals surface area (Å²) in [5.74, 6) is 1.44. The molecule has 10 nitrogen and oxygen atoms in total. The minimum atomic E-state index is -3.26. The van der Waals surface area contributed by atoms with Crippen LogP contribution >= 0.6 is 0 Å². The molecule has 1 aliphatic heterocycles. The fourth-order valence-electron chi connectivity index (χ4n) is 5.67. The van der Waals surface area contributed by atoms with Gasteiger partial charge in [0, 0.05) is 18.4 Å². The summed E-state index contributed by atoms with van der Waals surface area (Å²) in [7, 11) is -3.26. The first-order chi connectivity index (χ1) is 19.9. The number of nitrogens with zero attached hydrogens (tertiary/aromatic N) is 6. The molecule has 2 aliphatic carbocycles. The molecule has 1 aromatic carbocycles. The number of aromatic nitrogens is 6. The third-order valence-electron chi connectivity index (χ3n) is 8.34. The van der Waals surface area contributed by atoms with E-state index in [1.54, 1.807) is 48.3 Å². The average molecular weight is 573 g/mol. The number of hydrogen-bond donors (Lipinski definition) is 0. The van der Waals surface area contributed by atoms with Crippen LogP contribution in [-0.2, 0) is 27.4 Å². The topological polar surface area (TPSA) is 130 Å². The second-order valence-electron chi connectivity index (χ2n) is 11.3. The van der Waals surface area contributed by atoms with Crippen LogP contribution in [0.3, 0.4) is 0 Å². The van der Waals surface area contributed by atoms with Gasteiger partial charge in [-0.15, -0.1) is 0 Å². The van der Waals surface area contributed by atoms with Crippen LogP contribution in [0.1, 0.15) is 79.6 Å². The first kappa shape index (κ1) is 26.3. The Bertz CT molecular complexity index is 1760. The highest BCUT2D eigenvalue weighted by atomic mass is 32.2. The van der Waals surface area contributed by atoms with Gasteiger partial charge in [-0.25, -0.2) is 33.3 Å². The van der Waals surface area contributed by atoms with Gasteiger partial charge >= 0.3 is 0 Å². The van der Waals surface area contributed by atoms with Gasteiger partial charge in [-0.05, 0) is 62.6 Å². The van der Waals surface area contributed by atoms with Gasteiger partial charge in [0.2, 0.25) is 0 Å². The highest BCUT2D eigenvalue weighted by Gasteiger charge is 2.36. The predicted octanol–water partition coefficient (Wildman–Crippen LogP) is 3.94. The van der Waals surface area contributed by atoms with Gasteiger partial charge in [0.05, 0.1) is 46.4 Å². The van der Waals surface area contributed by atoms with Gasteiger partial charge in [-0.1, -0.05) is 19.1 Å². The molecule has 0 unspecified atom stereocenters. The van der Waals surface area contributed by atoms with E-state index in [2.05, 4.69) is 9.97 Å². The number of benzene rings is 1. The van der Waals surface area contributed by atoms with Crippen LogP contribution in [0.5, 0.6) is 0 Å². The third kappa shape index (κ3) is 5.05. The van der Waals surface area contributed by atoms with Crippen molar-refractivity contribution in [2.24, 2.45) is 0 Å². The minimum Gasteiger partial charge on any atom is -0.379 e. The maximum absolute atomic E-state index is 13.9. The Morgan fingerprint density at radius 2 is 1.63 bits per heavy atom. The van der Waals surface area contributed by atoms with E-state index >= 15 is 0 Å². The van der Waals surface area contributed by atoms with Crippen molar-refractivity contribution in [2.45, 2.75) is 74.6 Å². The Labute approximate surface area is 238 Å². The number of rotatable bonds is 9. The molecular weight excluding hydrogens is 540 g/mol. The fraction of sp³-hybridized carbons (Fsp3) is 0.467. The first-order valence-electron chi connectivity index (χ1n) is 14.5. The van der Waals surface area contributed by atoms with Crippen LogP contribution in [-0.4, -0.2) is 56.9 Å². The molecule has 1 saturated heterocycles. The highest BCUT2D eigenvalue weighted by Crippen LogP contribution is 2.48. The number of fused-ring (bicyclic) bond motifs is 1. The van der Waals surface area contributed by atoms with E-state index in [-0.39, 0.29) is 17.4 Å². The van der Waals surface area contributed by atoms with E-state index in [1.165, 1.54) is 0 Å². The molecule has 0 radical (unpaired) electrons. The summed E-state index contributed by atoms with van der Waals surface area (Å²) in [6.45, 7) is 2.67. The Balaban J connectivity index is 1.28. The highest BCUT2D eigenvalue weighted by molar-refractivity contribution is 7.91. The zero-order valence-corrected chi connectivity index (χ0v) is 23.8. The molecule has 4 heterocycles. The van der Waals surface area contributed by atoms with Crippen molar-refractivity contribution in [1.29, 1.82) is 0 Å². The lowest BCUT2D eigenvalue weighted by Gasteiger charge is -2.17. The second-order valence-corrected chi connectivity index (χ2v) is 13.5. The van der Waals surface area contributed by atoms with Crippen molar-refractivity contribution in [3.05, 3.63) is 69.8 Å². The first-order valence-corrected chi connectivity index (χ1v) is 16.1. The Hall–Kier alpha value is -3.57. The van der Waals surface area contributed by atoms with Crippen LogP contribution in [0.25, 0.3) is 22.6 Å². The lowest BCUT2D eigenvalue weighted by Crippen LogP contribution is -2.30. The Morgan fingerprint density at radius 3 is 2.24 bits per heavy atom. The summed E-state index contributed by atoms with van der Waals surface area (Å²) in [5.41, 5.74) is 5.25. The lowest BCUT2D eigenvalue weighted by molar-refractivity contribution is 0.186. The molecule has 3 aliphatic rings. The standard InChI is InChI=1S/C30H32N6O4S/c1-2-41(38,39)22-10-3-18(4-11-22)5-12-23-30(37)36(21-13-14-40-16-21)29-24(34-23)15-31-28(35-29)25-26(19-6-7-19)32-17-33-27(25)20-8-9-20/h3-4,10-11,15,17,19-21H,2,5-9,12-14,16H2,1H3/t21-/m0/s1. The molecule has 41 heavy (non-hydrogen) atoms. The molecule has 0 N–H and O–H groups in total. The van der Waals surface area contributed by atoms with Gasteiger partial charge in [-0.2, -0.15) is 0 Å². The summed E-state index contributed by atoms with van der Waals surface area (Å²) in [6, 6.07) is 6.74.